The number of carboxylic acids is 4. The molecule has 0 bridgehead atoms. The van der Waals surface area contributed by atoms with Crippen molar-refractivity contribution in [1.82, 2.24) is 19.5 Å². The lowest BCUT2D eigenvalue weighted by Gasteiger charge is -2.51. The second-order valence-corrected chi connectivity index (χ2v) is 40.2. The number of hydrogen-bond acceptors (Lipinski definition) is 57. The Morgan fingerprint density at radius 2 is 0.529 bits per heavy atom. The molecule has 0 aromatic rings. The average molecular weight is 2210 g/mol. The van der Waals surface area contributed by atoms with E-state index in [1.807, 2.05) is 5.32 Å². The Morgan fingerprint density at radius 1 is 0.265 bits per heavy atom. The minimum atomic E-state index is -6.56. The van der Waals surface area contributed by atoms with Crippen molar-refractivity contribution < 1.29 is 326 Å². The highest BCUT2D eigenvalue weighted by Gasteiger charge is 2.65. The summed E-state index contributed by atoms with van der Waals surface area (Å²) in [5, 5.41) is 159. The molecule has 0 aromatic carbocycles. The Labute approximate surface area is 760 Å². The second kappa shape index (κ2) is 44.7. The third-order valence-corrected chi connectivity index (χ3v) is 24.5. The summed E-state index contributed by atoms with van der Waals surface area (Å²) in [7, 11) is -61.0. The molecule has 0 aliphatic carbocycles. The van der Waals surface area contributed by atoms with E-state index in [4.69, 9.17) is 71.1 Å². The molecule has 85 heteroatoms. The van der Waals surface area contributed by atoms with Crippen LogP contribution in [0, 0.1) is 5.92 Å². The van der Waals surface area contributed by atoms with Gasteiger partial charge in [-0.15, -0.1) is 0 Å². The van der Waals surface area contributed by atoms with Gasteiger partial charge in [-0.3, -0.25) is 50.3 Å². The zero-order valence-corrected chi connectivity index (χ0v) is 74.6. The molecule has 0 aromatic heterocycles. The number of amides is 1. The minimum Gasteiger partial charge on any atom is -0.479 e. The van der Waals surface area contributed by atoms with Crippen LogP contribution in [0.5, 0.6) is 0 Å². The Hall–Kier alpha value is -4.95. The minimum absolute atomic E-state index is 0.685. The van der Waals surface area contributed by atoms with E-state index in [9.17, 15) is 225 Å². The van der Waals surface area contributed by atoms with Crippen molar-refractivity contribution in [3.63, 3.8) is 0 Å². The summed E-state index contributed by atoms with van der Waals surface area (Å²) in [6.07, 6.45) is -106. The predicted octanol–water partition coefficient (Wildman–Crippen LogP) is -19.7. The van der Waals surface area contributed by atoms with Crippen LogP contribution in [0.4, 0.5) is 0 Å². The van der Waals surface area contributed by atoms with Crippen LogP contribution in [0.2, 0.25) is 0 Å². The normalized spacial score (nSPS) is 40.2. The molecule has 8 heterocycles. The average Bonchev–Trinajstić information content (AvgIpc) is 0.760. The van der Waals surface area contributed by atoms with Crippen LogP contribution in [0.3, 0.4) is 0 Å². The van der Waals surface area contributed by atoms with Gasteiger partial charge in [0, 0.05) is 12.8 Å². The maximum Gasteiger partial charge on any atom is 0.397 e. The van der Waals surface area contributed by atoms with Crippen LogP contribution >= 0.6 is 0 Å². The Bertz CT molecular complexity index is 5430. The van der Waals surface area contributed by atoms with Crippen molar-refractivity contribution >= 4 is 133 Å². The van der Waals surface area contributed by atoms with E-state index < -0.39 is 405 Å². The first-order valence-electron chi connectivity index (χ1n) is 36.3. The number of aliphatic carboxylic acids is 4. The van der Waals surface area contributed by atoms with Crippen molar-refractivity contribution in [2.24, 2.45) is 5.92 Å². The van der Waals surface area contributed by atoms with Gasteiger partial charge in [0.1, 0.15) is 146 Å². The maximum atomic E-state index is 13.5. The molecule has 792 valence electrons. The third kappa shape index (κ3) is 32.0. The Morgan fingerprint density at radius 3 is 0.875 bits per heavy atom. The number of aliphatic hydroxyl groups is 10. The van der Waals surface area contributed by atoms with Crippen LogP contribution in [-0.4, -0.2) is 497 Å². The van der Waals surface area contributed by atoms with Gasteiger partial charge in [-0.2, -0.15) is 98.3 Å². The number of rotatable bonds is 43. The maximum absolute atomic E-state index is 13.5. The third-order valence-electron chi connectivity index (χ3n) is 19.7. The van der Waals surface area contributed by atoms with Gasteiger partial charge in [0.2, 0.25) is 5.91 Å². The summed E-state index contributed by atoms with van der Waals surface area (Å²) in [5.74, 6) is -12.3. The van der Waals surface area contributed by atoms with Gasteiger partial charge in [0.15, 0.2) is 86.9 Å². The molecule has 8 rings (SSSR count). The van der Waals surface area contributed by atoms with Crippen molar-refractivity contribution in [3.8, 4) is 0 Å². The molecular weight excluding hydrogens is 2130 g/mol. The molecule has 0 saturated carbocycles. The number of aliphatic hydroxyl groups excluding tert-OH is 10. The summed E-state index contributed by atoms with van der Waals surface area (Å²) >= 11 is 0. The van der Waals surface area contributed by atoms with Crippen molar-refractivity contribution in [3.05, 3.63) is 0 Å². The van der Waals surface area contributed by atoms with Gasteiger partial charge in [-0.25, -0.2) is 48.5 Å². The van der Waals surface area contributed by atoms with Gasteiger partial charge in [-0.05, 0) is 0 Å². The largest absolute Gasteiger partial charge is 0.479 e. The molecule has 5 unspecified atom stereocenters. The number of carbonyl (C=O) groups is 5. The van der Waals surface area contributed by atoms with Crippen LogP contribution in [0.25, 0.3) is 0 Å². The van der Waals surface area contributed by atoms with E-state index in [-0.39, 0.29) is 0 Å². The molecule has 0 spiro atoms. The summed E-state index contributed by atoms with van der Waals surface area (Å²) in [6.45, 7) is -5.85. The number of ether oxygens (including phenoxy) is 15. The highest BCUT2D eigenvalue weighted by molar-refractivity contribution is 7.84. The quantitative estimate of drug-likeness (QED) is 0.0252. The van der Waals surface area contributed by atoms with E-state index in [2.05, 4.69) is 29.3 Å². The van der Waals surface area contributed by atoms with Crippen LogP contribution in [-0.2, 0) is 228 Å². The fourth-order valence-electron chi connectivity index (χ4n) is 14.2. The summed E-state index contributed by atoms with van der Waals surface area (Å²) in [6, 6.07) is -11.7. The lowest BCUT2D eigenvalue weighted by atomic mass is 9.90. The molecule has 8 saturated heterocycles. The first-order valence-corrected chi connectivity index (χ1v) is 50.2. The first kappa shape index (κ1) is 116. The predicted molar refractivity (Wildman–Crippen MR) is 392 cm³/mol. The van der Waals surface area contributed by atoms with Crippen molar-refractivity contribution in [2.45, 2.75) is 253 Å². The highest BCUT2D eigenvalue weighted by Crippen LogP contribution is 2.42. The monoisotopic (exact) mass is 2210 g/mol. The summed E-state index contributed by atoms with van der Waals surface area (Å²) < 4.78 is 461. The van der Waals surface area contributed by atoms with Crippen molar-refractivity contribution in [1.29, 1.82) is 0 Å². The van der Waals surface area contributed by atoms with E-state index in [0.717, 1.165) is 16.4 Å². The van der Waals surface area contributed by atoms with E-state index in [0.29, 0.717) is 6.92 Å². The van der Waals surface area contributed by atoms with Crippen LogP contribution in [0.15, 0.2) is 0 Å². The molecule has 136 heavy (non-hydrogen) atoms. The molecule has 0 radical (unpaired) electrons. The fourth-order valence-corrected chi connectivity index (χ4v) is 18.7. The summed E-state index contributed by atoms with van der Waals surface area (Å²) in [4.78, 5) is 64.7. The lowest BCUT2D eigenvalue weighted by Crippen LogP contribution is -2.72. The fraction of sp³-hybridized carbons (Fsp3) is 0.902. The smallest absolute Gasteiger partial charge is 0.397 e. The number of nitrogens with one attached hydrogen (secondary N) is 4. The lowest BCUT2D eigenvalue weighted by molar-refractivity contribution is -0.379. The molecule has 40 atom stereocenters. The Balaban J connectivity index is 1.15. The number of carbonyl (C=O) groups excluding carboxylic acids is 1. The molecule has 8 aliphatic heterocycles. The SMILES string of the molecule is CC(=O)N[C@H]1[C@@H](O[C@H]2[C@H](O)[C@@H](O)C(O[C@H]3[C@H](OS(=O)(=O)O)[C@@H](NS(=O)(=O)O)[C@@H](O[C@H]4[C@H](O)[C@@H](OS(=O)(=O)O)[C@H](O[C@H]5[C@H](O)[C@@H](NS(=O)(=O)O)[C@@H](O[C@H]6[C@H](O)[C@@H](OS(=O)(=O)O)C(O[C@H]7[C@H](O)[C@@H](NS(=O)(=O)O)C(O)O[C@@H]7COS(=O)(=O)O)O[C@H]6C(=O)O)O[C@@H]5COS(=O)(=O)O)O[C@H]4C(=O)O)O[C@@H]3COS(=O)(=O)O)O[C@@H]2C(=O)O)O[C@H](COS(=O)(=O)O)[C@@H](OC2OC(C(=O)O)[C@@H](C)[C@H](O)[C@H]2O)[C@@H]1O. The molecule has 8 fully saturated rings. The number of carboxylic acid groups (broad SMARTS) is 4. The molecule has 1 amide bonds. The van der Waals surface area contributed by atoms with E-state index in [1.54, 1.807) is 0 Å². The standard InChI is InChI=1S/C51H82N4O71S10/c1-7-17(57)22(62)48(113-26(7)40(66)67)114-28-10(4-106-131(87,88)89)110-45(14(19(28)59)52-8(2)56)118-32-21(61)23(63)49(121-37(32)41(68)69)117-30-12(6-108-133(93,94)95)112-47(16(55-129(81,82)83)31(30)124-134(96,97)98)120-34-25(65)36(126-136(102,103)104)51(123-39(34)43(72)73)116-29-11(5-107-132(90,91)92)111-46(15(20(29)60)54-128(78,79)80)119-33-24(64)35(125-135(99,100)101)50(122-38(33)42(70)71)115-27-9(3-105-130(84,85)86)109-44(74)13(18(27)58)53-127(75,76)77/h7,9-39,44-51,53-55,57-65,74H,3-6H2,1-2H3,(H,52,56)(H,66,67)(H,68,69)(H,70,71)(H,72,73)(H,75,76,77)(H,78,79,80)(H,81,82,83)(H,84,85,86)(H,87,88,89)(H,90,91,92)(H,93,94,95)(H,96,97,98)(H,99,100,101)(H,102,103,104)/t7-,9+,10+,11+,12+,13+,14+,15+,16+,17-,18+,19+,20+,21+,22+,23+,24-,25-,26?,27+,28+,29+,30+,31+,32-,33-,34-,35+,36+,37-,38+,39+,44?,45+,46+,47+,48?,49?,50?,51+/m0/s1. The van der Waals surface area contributed by atoms with Gasteiger partial charge >= 0.3 is 128 Å². The van der Waals surface area contributed by atoms with E-state index >= 15 is 0 Å². The van der Waals surface area contributed by atoms with Gasteiger partial charge < -0.3 is 148 Å². The number of hydrogen-bond donors (Lipinski definition) is 28. The van der Waals surface area contributed by atoms with Crippen LogP contribution < -0.4 is 19.5 Å². The Kier molecular flexibility index (Phi) is 38.2. The molecule has 8 aliphatic rings. The van der Waals surface area contributed by atoms with E-state index in [1.165, 1.54) is 4.72 Å². The topological polar surface area (TPSA) is 1160 Å². The molecular formula is C51H82N4O71S10. The second-order valence-electron chi connectivity index (χ2n) is 29.1. The van der Waals surface area contributed by atoms with Crippen LogP contribution in [0.1, 0.15) is 13.8 Å². The zero-order valence-electron chi connectivity index (χ0n) is 66.4. The van der Waals surface area contributed by atoms with Crippen molar-refractivity contribution in [2.75, 3.05) is 26.4 Å². The molecule has 75 nitrogen and oxygen atoms in total. The summed E-state index contributed by atoms with van der Waals surface area (Å²) in [5.41, 5.74) is 0. The van der Waals surface area contributed by atoms with Gasteiger partial charge in [0.05, 0.1) is 32.5 Å². The van der Waals surface area contributed by atoms with Gasteiger partial charge in [0.25, 0.3) is 0 Å². The highest BCUT2D eigenvalue weighted by atomic mass is 32.3. The zero-order chi connectivity index (χ0) is 103. The molecule has 28 N–H and O–H groups in total. The first-order chi connectivity index (χ1) is 61.8. The van der Waals surface area contributed by atoms with Gasteiger partial charge in [-0.1, -0.05) is 6.92 Å².